The summed E-state index contributed by atoms with van der Waals surface area (Å²) >= 11 is 12.1. The Hall–Kier alpha value is -1.83. The Morgan fingerprint density at radius 1 is 1.04 bits per heavy atom. The maximum atomic E-state index is 12.7. The van der Waals surface area contributed by atoms with Crippen LogP contribution in [0.3, 0.4) is 0 Å². The molecular weight excluding hydrogens is 379 g/mol. The molecule has 0 saturated heterocycles. The van der Waals surface area contributed by atoms with E-state index in [1.807, 2.05) is 18.7 Å². The minimum absolute atomic E-state index is 0.0565. The lowest BCUT2D eigenvalue weighted by atomic mass is 10.0. The largest absolute Gasteiger partial charge is 0.345 e. The molecule has 1 aromatic rings. The fourth-order valence-electron chi connectivity index (χ4n) is 2.57. The van der Waals surface area contributed by atoms with E-state index >= 15 is 0 Å². The highest BCUT2D eigenvalue weighted by molar-refractivity contribution is 6.35. The average molecular weight is 401 g/mol. The van der Waals surface area contributed by atoms with Gasteiger partial charge < -0.3 is 5.32 Å². The number of benzene rings is 1. The van der Waals surface area contributed by atoms with E-state index in [1.165, 1.54) is 0 Å². The molecule has 0 radical (unpaired) electrons. The van der Waals surface area contributed by atoms with Crippen molar-refractivity contribution in [1.82, 2.24) is 21.1 Å². The first-order chi connectivity index (χ1) is 12.3. The molecule has 1 aliphatic carbocycles. The number of likely N-dealkylation sites (N-methyl/N-ethyl adjacent to an activating group) is 1. The van der Waals surface area contributed by atoms with Gasteiger partial charge in [0.1, 0.15) is 6.04 Å². The minimum Gasteiger partial charge on any atom is -0.345 e. The molecule has 0 unspecified atom stereocenters. The Labute approximate surface area is 162 Å². The van der Waals surface area contributed by atoms with Gasteiger partial charge in [0.2, 0.25) is 0 Å². The van der Waals surface area contributed by atoms with Crippen molar-refractivity contribution in [1.29, 1.82) is 0 Å². The van der Waals surface area contributed by atoms with Crippen LogP contribution in [0.25, 0.3) is 0 Å². The molecule has 0 aliphatic heterocycles. The highest BCUT2D eigenvalue weighted by Crippen LogP contribution is 2.27. The Balaban J connectivity index is 2.09. The van der Waals surface area contributed by atoms with Crippen molar-refractivity contribution in [3.63, 3.8) is 0 Å². The van der Waals surface area contributed by atoms with Gasteiger partial charge in [0.15, 0.2) is 0 Å². The highest BCUT2D eigenvalue weighted by Gasteiger charge is 2.29. The zero-order valence-electron chi connectivity index (χ0n) is 14.6. The van der Waals surface area contributed by atoms with E-state index in [1.54, 1.807) is 18.2 Å². The predicted octanol–water partition coefficient (Wildman–Crippen LogP) is 1.80. The number of halogens is 2. The molecule has 9 heteroatoms. The van der Waals surface area contributed by atoms with E-state index in [0.29, 0.717) is 28.7 Å². The molecule has 0 heterocycles. The van der Waals surface area contributed by atoms with Crippen LogP contribution < -0.4 is 16.2 Å². The Morgan fingerprint density at radius 3 is 2.12 bits per heavy atom. The number of carbonyl (C=O) groups is 3. The maximum absolute atomic E-state index is 12.7. The van der Waals surface area contributed by atoms with Gasteiger partial charge in [-0.2, -0.15) is 0 Å². The molecule has 1 atom stereocenters. The molecule has 142 valence electrons. The number of carbonyl (C=O) groups excluding carboxylic acids is 3. The van der Waals surface area contributed by atoms with Crippen LogP contribution in [-0.4, -0.2) is 41.8 Å². The topological polar surface area (TPSA) is 90.5 Å². The van der Waals surface area contributed by atoms with Crippen molar-refractivity contribution < 1.29 is 14.4 Å². The smallest absolute Gasteiger partial charge is 0.327 e. The number of rotatable bonds is 6. The molecule has 26 heavy (non-hydrogen) atoms. The van der Waals surface area contributed by atoms with Crippen molar-refractivity contribution in [3.05, 3.63) is 33.8 Å². The summed E-state index contributed by atoms with van der Waals surface area (Å²) in [5.41, 5.74) is 5.07. The summed E-state index contributed by atoms with van der Waals surface area (Å²) in [4.78, 5) is 38.0. The first-order valence-corrected chi connectivity index (χ1v) is 9.22. The lowest BCUT2D eigenvalue weighted by Gasteiger charge is -2.29. The second-order valence-electron chi connectivity index (χ2n) is 6.02. The SMILES string of the molecule is CCN(CC)[C@@H](C(=O)NNC(=O)C(=O)NC1CC1)c1cc(Cl)cc(Cl)c1. The first kappa shape index (κ1) is 20.5. The quantitative estimate of drug-likeness (QED) is 0.501. The second kappa shape index (κ2) is 9.21. The molecule has 1 aliphatic rings. The number of amides is 3. The van der Waals surface area contributed by atoms with E-state index in [-0.39, 0.29) is 6.04 Å². The van der Waals surface area contributed by atoms with E-state index in [2.05, 4.69) is 16.2 Å². The Bertz CT molecular complexity index is 670. The van der Waals surface area contributed by atoms with Crippen molar-refractivity contribution in [2.45, 2.75) is 38.8 Å². The van der Waals surface area contributed by atoms with E-state index in [4.69, 9.17) is 23.2 Å². The highest BCUT2D eigenvalue weighted by atomic mass is 35.5. The molecule has 1 fully saturated rings. The van der Waals surface area contributed by atoms with Gasteiger partial charge in [-0.3, -0.25) is 30.1 Å². The molecule has 2 rings (SSSR count). The summed E-state index contributed by atoms with van der Waals surface area (Å²) in [5.74, 6) is -2.16. The molecule has 7 nitrogen and oxygen atoms in total. The third-order valence-corrected chi connectivity index (χ3v) is 4.48. The minimum atomic E-state index is -0.910. The van der Waals surface area contributed by atoms with Gasteiger partial charge in [-0.25, -0.2) is 0 Å². The summed E-state index contributed by atoms with van der Waals surface area (Å²) in [6.45, 7) is 5.01. The maximum Gasteiger partial charge on any atom is 0.327 e. The van der Waals surface area contributed by atoms with Crippen LogP contribution in [0.1, 0.15) is 38.3 Å². The Kier molecular flexibility index (Phi) is 7.25. The third kappa shape index (κ3) is 5.59. The number of nitrogens with one attached hydrogen (secondary N) is 3. The van der Waals surface area contributed by atoms with Gasteiger partial charge in [-0.15, -0.1) is 0 Å². The molecular formula is C17H22Cl2N4O3. The van der Waals surface area contributed by atoms with Crippen LogP contribution >= 0.6 is 23.2 Å². The average Bonchev–Trinajstić information content (AvgIpc) is 3.39. The van der Waals surface area contributed by atoms with Gasteiger partial charge in [0, 0.05) is 16.1 Å². The van der Waals surface area contributed by atoms with Crippen molar-refractivity contribution in [3.8, 4) is 0 Å². The number of nitrogens with zero attached hydrogens (tertiary/aromatic N) is 1. The zero-order chi connectivity index (χ0) is 19.3. The fraction of sp³-hybridized carbons (Fsp3) is 0.471. The van der Waals surface area contributed by atoms with Crippen molar-refractivity contribution >= 4 is 40.9 Å². The van der Waals surface area contributed by atoms with Crippen LogP contribution in [0.2, 0.25) is 10.0 Å². The number of hydrogen-bond donors (Lipinski definition) is 3. The van der Waals surface area contributed by atoms with Crippen molar-refractivity contribution in [2.75, 3.05) is 13.1 Å². The fourth-order valence-corrected chi connectivity index (χ4v) is 3.11. The lowest BCUT2D eigenvalue weighted by molar-refractivity contribution is -0.141. The van der Waals surface area contributed by atoms with Gasteiger partial charge >= 0.3 is 11.8 Å². The monoisotopic (exact) mass is 400 g/mol. The standard InChI is InChI=1S/C17H22Cl2N4O3/c1-3-23(4-2)14(10-7-11(18)9-12(19)8-10)15(24)21-22-17(26)16(25)20-13-5-6-13/h7-9,13-14H,3-6H2,1-2H3,(H,20,25)(H,21,24)(H,22,26)/t14-/m1/s1. The first-order valence-electron chi connectivity index (χ1n) is 8.46. The predicted molar refractivity (Wildman–Crippen MR) is 99.6 cm³/mol. The molecule has 0 bridgehead atoms. The number of hydrazine groups is 1. The molecule has 0 spiro atoms. The zero-order valence-corrected chi connectivity index (χ0v) is 16.2. The summed E-state index contributed by atoms with van der Waals surface area (Å²) < 4.78 is 0. The van der Waals surface area contributed by atoms with Gasteiger partial charge in [0.25, 0.3) is 5.91 Å². The van der Waals surface area contributed by atoms with E-state index in [9.17, 15) is 14.4 Å². The molecule has 3 amide bonds. The summed E-state index contributed by atoms with van der Waals surface area (Å²) in [6, 6.07) is 4.22. The lowest BCUT2D eigenvalue weighted by Crippen LogP contribution is -2.52. The number of hydrogen-bond acceptors (Lipinski definition) is 4. The van der Waals surface area contributed by atoms with Crippen LogP contribution in [0.5, 0.6) is 0 Å². The van der Waals surface area contributed by atoms with Crippen molar-refractivity contribution in [2.24, 2.45) is 0 Å². The molecule has 1 saturated carbocycles. The van der Waals surface area contributed by atoms with Crippen LogP contribution in [0.15, 0.2) is 18.2 Å². The van der Waals surface area contributed by atoms with Gasteiger partial charge in [-0.05, 0) is 49.7 Å². The molecule has 1 aromatic carbocycles. The van der Waals surface area contributed by atoms with Crippen LogP contribution in [0.4, 0.5) is 0 Å². The van der Waals surface area contributed by atoms with Gasteiger partial charge in [-0.1, -0.05) is 37.0 Å². The second-order valence-corrected chi connectivity index (χ2v) is 6.89. The summed E-state index contributed by atoms with van der Waals surface area (Å²) in [5, 5.41) is 3.37. The third-order valence-electron chi connectivity index (χ3n) is 4.04. The van der Waals surface area contributed by atoms with Gasteiger partial charge in [0.05, 0.1) is 0 Å². The molecule has 0 aromatic heterocycles. The normalized spacial score (nSPS) is 14.7. The Morgan fingerprint density at radius 2 is 1.62 bits per heavy atom. The van der Waals surface area contributed by atoms with Crippen LogP contribution in [0, 0.1) is 0 Å². The van der Waals surface area contributed by atoms with E-state index < -0.39 is 23.8 Å². The van der Waals surface area contributed by atoms with E-state index in [0.717, 1.165) is 12.8 Å². The summed E-state index contributed by atoms with van der Waals surface area (Å²) in [6.07, 6.45) is 1.73. The van der Waals surface area contributed by atoms with Crippen LogP contribution in [-0.2, 0) is 14.4 Å². The summed E-state index contributed by atoms with van der Waals surface area (Å²) in [7, 11) is 0. The molecule has 3 N–H and O–H groups in total.